The highest BCUT2D eigenvalue weighted by Gasteiger charge is 2.08. The van der Waals surface area contributed by atoms with Crippen LogP contribution in [0.15, 0.2) is 36.4 Å². The number of anilines is 1. The third-order valence-electron chi connectivity index (χ3n) is 2.05. The summed E-state index contributed by atoms with van der Waals surface area (Å²) in [6.07, 6.45) is 2.94. The Morgan fingerprint density at radius 1 is 1.22 bits per heavy atom. The first-order valence-electron chi connectivity index (χ1n) is 5.77. The van der Waals surface area contributed by atoms with Crippen LogP contribution in [0, 0.1) is 0 Å². The van der Waals surface area contributed by atoms with Crippen LogP contribution in [-0.2, 0) is 9.53 Å². The second-order valence-electron chi connectivity index (χ2n) is 4.02. The number of hydrogen-bond donors (Lipinski definition) is 1. The smallest absolute Gasteiger partial charge is 0.338 e. The van der Waals surface area contributed by atoms with Gasteiger partial charge in [0.25, 0.3) is 0 Å². The van der Waals surface area contributed by atoms with Gasteiger partial charge in [-0.1, -0.05) is 6.08 Å². The van der Waals surface area contributed by atoms with Crippen LogP contribution in [0.2, 0.25) is 0 Å². The van der Waals surface area contributed by atoms with Crippen LogP contribution >= 0.6 is 0 Å². The van der Waals surface area contributed by atoms with E-state index >= 15 is 0 Å². The van der Waals surface area contributed by atoms with Crippen LogP contribution in [0.1, 0.15) is 31.1 Å². The molecular weight excluding hydrogens is 230 g/mol. The van der Waals surface area contributed by atoms with Gasteiger partial charge >= 0.3 is 5.97 Å². The summed E-state index contributed by atoms with van der Waals surface area (Å²) < 4.78 is 5.06. The van der Waals surface area contributed by atoms with Gasteiger partial charge in [0.05, 0.1) is 11.7 Å². The molecular formula is C14H17NO3. The maximum atomic E-state index is 11.6. The molecule has 0 bridgehead atoms. The van der Waals surface area contributed by atoms with E-state index < -0.39 is 0 Å². The van der Waals surface area contributed by atoms with Crippen molar-refractivity contribution in [3.63, 3.8) is 0 Å². The Kier molecular flexibility index (Phi) is 5.11. The van der Waals surface area contributed by atoms with Gasteiger partial charge in [-0.15, -0.1) is 0 Å². The van der Waals surface area contributed by atoms with Gasteiger partial charge in [0, 0.05) is 5.69 Å². The Labute approximate surface area is 107 Å². The van der Waals surface area contributed by atoms with Crippen LogP contribution in [0.4, 0.5) is 5.69 Å². The molecule has 0 aliphatic heterocycles. The summed E-state index contributed by atoms with van der Waals surface area (Å²) in [4.78, 5) is 22.9. The monoisotopic (exact) mass is 247 g/mol. The predicted molar refractivity (Wildman–Crippen MR) is 70.4 cm³/mol. The molecule has 1 aromatic rings. The standard InChI is InChI=1S/C14H17NO3/c1-4-5-13(16)15-12-8-6-11(7-9-12)14(17)18-10(2)3/h4-10H,1-3H3,(H,15,16)/b5-4-. The summed E-state index contributed by atoms with van der Waals surface area (Å²) in [5.74, 6) is -0.564. The van der Waals surface area contributed by atoms with E-state index in [9.17, 15) is 9.59 Å². The molecule has 1 aromatic carbocycles. The number of benzene rings is 1. The molecule has 4 heteroatoms. The summed E-state index contributed by atoms with van der Waals surface area (Å²) in [6, 6.07) is 6.57. The summed E-state index contributed by atoms with van der Waals surface area (Å²) in [5, 5.41) is 2.67. The highest BCUT2D eigenvalue weighted by molar-refractivity contribution is 5.99. The number of rotatable bonds is 4. The fraction of sp³-hybridized carbons (Fsp3) is 0.286. The molecule has 4 nitrogen and oxygen atoms in total. The Bertz CT molecular complexity index is 447. The zero-order chi connectivity index (χ0) is 13.5. The molecule has 1 amide bonds. The summed E-state index contributed by atoms with van der Waals surface area (Å²) in [5.41, 5.74) is 1.10. The molecule has 0 spiro atoms. The molecule has 0 aliphatic rings. The molecule has 0 saturated heterocycles. The minimum atomic E-state index is -0.365. The third-order valence-corrected chi connectivity index (χ3v) is 2.05. The lowest BCUT2D eigenvalue weighted by Crippen LogP contribution is -2.12. The fourth-order valence-electron chi connectivity index (χ4n) is 1.31. The molecule has 96 valence electrons. The maximum absolute atomic E-state index is 11.6. The minimum Gasteiger partial charge on any atom is -0.459 e. The number of carbonyl (C=O) groups is 2. The van der Waals surface area contributed by atoms with Crippen molar-refractivity contribution in [1.82, 2.24) is 0 Å². The van der Waals surface area contributed by atoms with E-state index in [4.69, 9.17) is 4.74 Å². The summed E-state index contributed by atoms with van der Waals surface area (Å²) in [7, 11) is 0. The number of carbonyl (C=O) groups excluding carboxylic acids is 2. The van der Waals surface area contributed by atoms with E-state index in [0.29, 0.717) is 11.3 Å². The largest absolute Gasteiger partial charge is 0.459 e. The van der Waals surface area contributed by atoms with E-state index in [2.05, 4.69) is 5.32 Å². The molecule has 0 heterocycles. The minimum absolute atomic E-state index is 0.147. The first kappa shape index (κ1) is 14.0. The second kappa shape index (κ2) is 6.59. The van der Waals surface area contributed by atoms with E-state index in [1.807, 2.05) is 0 Å². The highest BCUT2D eigenvalue weighted by atomic mass is 16.5. The van der Waals surface area contributed by atoms with Gasteiger partial charge in [-0.3, -0.25) is 4.79 Å². The van der Waals surface area contributed by atoms with Gasteiger partial charge in [-0.05, 0) is 51.1 Å². The fourth-order valence-corrected chi connectivity index (χ4v) is 1.31. The normalized spacial score (nSPS) is 10.7. The SMILES string of the molecule is C/C=C\C(=O)Nc1ccc(C(=O)OC(C)C)cc1. The number of ether oxygens (including phenoxy) is 1. The summed E-state index contributed by atoms with van der Waals surface area (Å²) in [6.45, 7) is 5.36. The van der Waals surface area contributed by atoms with Crippen molar-refractivity contribution >= 4 is 17.6 Å². The van der Waals surface area contributed by atoms with Crippen LogP contribution in [-0.4, -0.2) is 18.0 Å². The van der Waals surface area contributed by atoms with Gasteiger partial charge in [0.1, 0.15) is 0 Å². The molecule has 0 aromatic heterocycles. The molecule has 0 radical (unpaired) electrons. The van der Waals surface area contributed by atoms with Crippen molar-refractivity contribution in [1.29, 1.82) is 0 Å². The van der Waals surface area contributed by atoms with Crippen molar-refractivity contribution in [2.45, 2.75) is 26.9 Å². The molecule has 0 atom stereocenters. The van der Waals surface area contributed by atoms with Gasteiger partial charge in [-0.2, -0.15) is 0 Å². The molecule has 1 N–H and O–H groups in total. The summed E-state index contributed by atoms with van der Waals surface area (Å²) >= 11 is 0. The van der Waals surface area contributed by atoms with Crippen molar-refractivity contribution in [2.75, 3.05) is 5.32 Å². The van der Waals surface area contributed by atoms with E-state index in [-0.39, 0.29) is 18.0 Å². The third kappa shape index (κ3) is 4.41. The lowest BCUT2D eigenvalue weighted by Gasteiger charge is -2.08. The number of hydrogen-bond acceptors (Lipinski definition) is 3. The Morgan fingerprint density at radius 3 is 2.33 bits per heavy atom. The van der Waals surface area contributed by atoms with Crippen LogP contribution in [0.25, 0.3) is 0 Å². The average molecular weight is 247 g/mol. The van der Waals surface area contributed by atoms with Crippen molar-refractivity contribution < 1.29 is 14.3 Å². The van der Waals surface area contributed by atoms with Gasteiger partial charge < -0.3 is 10.1 Å². The quantitative estimate of drug-likeness (QED) is 0.657. The topological polar surface area (TPSA) is 55.4 Å². The molecule has 0 aliphatic carbocycles. The maximum Gasteiger partial charge on any atom is 0.338 e. The van der Waals surface area contributed by atoms with E-state index in [0.717, 1.165) is 0 Å². The highest BCUT2D eigenvalue weighted by Crippen LogP contribution is 2.11. The zero-order valence-electron chi connectivity index (χ0n) is 10.8. The lowest BCUT2D eigenvalue weighted by molar-refractivity contribution is -0.111. The van der Waals surface area contributed by atoms with Gasteiger partial charge in [-0.25, -0.2) is 4.79 Å². The Morgan fingerprint density at radius 2 is 1.83 bits per heavy atom. The number of amides is 1. The first-order valence-corrected chi connectivity index (χ1v) is 5.77. The average Bonchev–Trinajstić information content (AvgIpc) is 2.29. The molecule has 18 heavy (non-hydrogen) atoms. The Balaban J connectivity index is 2.68. The van der Waals surface area contributed by atoms with Crippen molar-refractivity contribution in [3.8, 4) is 0 Å². The molecule has 0 fully saturated rings. The van der Waals surface area contributed by atoms with Crippen LogP contribution in [0.5, 0.6) is 0 Å². The number of nitrogens with one attached hydrogen (secondary N) is 1. The van der Waals surface area contributed by atoms with E-state index in [1.165, 1.54) is 6.08 Å². The number of esters is 1. The second-order valence-corrected chi connectivity index (χ2v) is 4.02. The molecule has 0 unspecified atom stereocenters. The van der Waals surface area contributed by atoms with Gasteiger partial charge in [0.2, 0.25) is 5.91 Å². The van der Waals surface area contributed by atoms with Crippen LogP contribution < -0.4 is 5.32 Å². The van der Waals surface area contributed by atoms with Crippen molar-refractivity contribution in [2.24, 2.45) is 0 Å². The lowest BCUT2D eigenvalue weighted by atomic mass is 10.2. The predicted octanol–water partition coefficient (Wildman–Crippen LogP) is 2.77. The first-order chi connectivity index (χ1) is 8.52. The number of allylic oxidation sites excluding steroid dienone is 1. The zero-order valence-corrected chi connectivity index (χ0v) is 10.8. The van der Waals surface area contributed by atoms with Crippen LogP contribution in [0.3, 0.4) is 0 Å². The van der Waals surface area contributed by atoms with Crippen molar-refractivity contribution in [3.05, 3.63) is 42.0 Å². The Hall–Kier alpha value is -2.10. The molecule has 0 saturated carbocycles. The molecule has 1 rings (SSSR count). The van der Waals surface area contributed by atoms with Gasteiger partial charge in [0.15, 0.2) is 0 Å². The van der Waals surface area contributed by atoms with E-state index in [1.54, 1.807) is 51.1 Å².